The van der Waals surface area contributed by atoms with E-state index in [1.54, 1.807) is 6.92 Å². The van der Waals surface area contributed by atoms with Crippen LogP contribution >= 0.6 is 15.9 Å². The van der Waals surface area contributed by atoms with Gasteiger partial charge in [0.05, 0.1) is 6.04 Å². The summed E-state index contributed by atoms with van der Waals surface area (Å²) in [6, 6.07) is 3.27. The van der Waals surface area contributed by atoms with Crippen molar-refractivity contribution in [1.29, 1.82) is 0 Å². The molecule has 0 saturated heterocycles. The normalized spacial score (nSPS) is 12.6. The minimum atomic E-state index is -0.436. The number of benzene rings is 1. The molecule has 76 valence electrons. The fourth-order valence-electron chi connectivity index (χ4n) is 1.30. The topological polar surface area (TPSA) is 43.1 Å². The summed E-state index contributed by atoms with van der Waals surface area (Å²) in [4.78, 5) is 11.7. The van der Waals surface area contributed by atoms with E-state index in [1.165, 1.54) is 0 Å². The van der Waals surface area contributed by atoms with Gasteiger partial charge in [0.15, 0.2) is 5.78 Å². The summed E-state index contributed by atoms with van der Waals surface area (Å²) in [5.41, 5.74) is 8.38. The van der Waals surface area contributed by atoms with Crippen molar-refractivity contribution in [2.75, 3.05) is 0 Å². The molecule has 1 rings (SSSR count). The maximum absolute atomic E-state index is 11.7. The van der Waals surface area contributed by atoms with E-state index < -0.39 is 6.04 Å². The number of carbonyl (C=O) groups excluding carboxylic acids is 1. The second-order valence-electron chi connectivity index (χ2n) is 3.50. The molecule has 0 saturated carbocycles. The Balaban J connectivity index is 3.24. The second kappa shape index (κ2) is 4.24. The van der Waals surface area contributed by atoms with Gasteiger partial charge in [0.2, 0.25) is 0 Å². The van der Waals surface area contributed by atoms with Crippen LogP contribution in [-0.4, -0.2) is 11.8 Å². The lowest BCUT2D eigenvalue weighted by Crippen LogP contribution is -2.27. The predicted molar refractivity (Wildman–Crippen MR) is 61.6 cm³/mol. The van der Waals surface area contributed by atoms with E-state index in [4.69, 9.17) is 5.73 Å². The molecule has 2 N–H and O–H groups in total. The lowest BCUT2D eigenvalue weighted by Gasteiger charge is -2.11. The molecule has 14 heavy (non-hydrogen) atoms. The summed E-state index contributed by atoms with van der Waals surface area (Å²) in [7, 11) is 0. The highest BCUT2D eigenvalue weighted by Gasteiger charge is 2.15. The molecule has 0 aliphatic rings. The van der Waals surface area contributed by atoms with Gasteiger partial charge in [-0.2, -0.15) is 0 Å². The SMILES string of the molecule is Cc1c(Br)ccc(C(=O)C(C)N)c1C. The largest absolute Gasteiger partial charge is 0.321 e. The number of rotatable bonds is 2. The number of Topliss-reactive ketones (excluding diaryl/α,β-unsaturated/α-hetero) is 1. The van der Waals surface area contributed by atoms with Crippen LogP contribution in [0.5, 0.6) is 0 Å². The molecule has 1 unspecified atom stereocenters. The summed E-state index contributed by atoms with van der Waals surface area (Å²) in [6.07, 6.45) is 0. The van der Waals surface area contributed by atoms with Crippen LogP contribution in [0.3, 0.4) is 0 Å². The zero-order valence-corrected chi connectivity index (χ0v) is 10.2. The lowest BCUT2D eigenvalue weighted by atomic mass is 9.97. The number of hydrogen-bond acceptors (Lipinski definition) is 2. The average molecular weight is 256 g/mol. The third kappa shape index (κ3) is 2.04. The van der Waals surface area contributed by atoms with E-state index in [1.807, 2.05) is 26.0 Å². The van der Waals surface area contributed by atoms with E-state index in [2.05, 4.69) is 15.9 Å². The molecule has 1 aromatic rings. The molecule has 0 spiro atoms. The van der Waals surface area contributed by atoms with Crippen LogP contribution in [-0.2, 0) is 0 Å². The van der Waals surface area contributed by atoms with Gasteiger partial charge >= 0.3 is 0 Å². The van der Waals surface area contributed by atoms with Gasteiger partial charge in [-0.25, -0.2) is 0 Å². The van der Waals surface area contributed by atoms with Crippen LogP contribution < -0.4 is 5.73 Å². The fourth-order valence-corrected chi connectivity index (χ4v) is 1.73. The fraction of sp³-hybridized carbons (Fsp3) is 0.364. The van der Waals surface area contributed by atoms with Gasteiger partial charge in [-0.05, 0) is 44.0 Å². The van der Waals surface area contributed by atoms with Crippen LogP contribution in [0.4, 0.5) is 0 Å². The van der Waals surface area contributed by atoms with E-state index in [9.17, 15) is 4.79 Å². The van der Waals surface area contributed by atoms with Crippen LogP contribution in [0.2, 0.25) is 0 Å². The molecule has 0 radical (unpaired) electrons. The second-order valence-corrected chi connectivity index (χ2v) is 4.35. The average Bonchev–Trinajstić information content (AvgIpc) is 2.13. The lowest BCUT2D eigenvalue weighted by molar-refractivity contribution is 0.0967. The molecule has 3 heteroatoms. The quantitative estimate of drug-likeness (QED) is 0.826. The summed E-state index contributed by atoms with van der Waals surface area (Å²) in [5, 5.41) is 0. The van der Waals surface area contributed by atoms with Crippen LogP contribution in [0.15, 0.2) is 16.6 Å². The van der Waals surface area contributed by atoms with Crippen molar-refractivity contribution in [2.24, 2.45) is 5.73 Å². The van der Waals surface area contributed by atoms with Crippen molar-refractivity contribution < 1.29 is 4.79 Å². The number of ketones is 1. The van der Waals surface area contributed by atoms with Crippen LogP contribution in [0, 0.1) is 13.8 Å². The van der Waals surface area contributed by atoms with Gasteiger partial charge in [-0.15, -0.1) is 0 Å². The first-order chi connectivity index (χ1) is 6.45. The van der Waals surface area contributed by atoms with Crippen molar-refractivity contribution in [3.05, 3.63) is 33.3 Å². The van der Waals surface area contributed by atoms with Gasteiger partial charge in [-0.3, -0.25) is 4.79 Å². The highest BCUT2D eigenvalue weighted by Crippen LogP contribution is 2.23. The first-order valence-electron chi connectivity index (χ1n) is 4.50. The van der Waals surface area contributed by atoms with Gasteiger partial charge in [0.1, 0.15) is 0 Å². The Bertz CT molecular complexity index is 372. The summed E-state index contributed by atoms with van der Waals surface area (Å²) in [5.74, 6) is -0.00176. The molecule has 0 amide bonds. The van der Waals surface area contributed by atoms with E-state index in [-0.39, 0.29) is 5.78 Å². The van der Waals surface area contributed by atoms with E-state index >= 15 is 0 Å². The molecule has 1 atom stereocenters. The van der Waals surface area contributed by atoms with Crippen molar-refractivity contribution in [3.63, 3.8) is 0 Å². The zero-order chi connectivity index (χ0) is 10.9. The van der Waals surface area contributed by atoms with Crippen LogP contribution in [0.25, 0.3) is 0 Å². The Morgan fingerprint density at radius 3 is 2.43 bits per heavy atom. The Labute approximate surface area is 92.6 Å². The van der Waals surface area contributed by atoms with E-state index in [0.717, 1.165) is 21.2 Å². The van der Waals surface area contributed by atoms with E-state index in [0.29, 0.717) is 0 Å². The summed E-state index contributed by atoms with van der Waals surface area (Å²) >= 11 is 3.42. The Hall–Kier alpha value is -0.670. The van der Waals surface area contributed by atoms with Crippen molar-refractivity contribution >= 4 is 21.7 Å². The molecule has 0 fully saturated rings. The number of carbonyl (C=O) groups is 1. The molecule has 1 aromatic carbocycles. The number of hydrogen-bond donors (Lipinski definition) is 1. The molecule has 0 heterocycles. The Kier molecular flexibility index (Phi) is 3.45. The monoisotopic (exact) mass is 255 g/mol. The van der Waals surface area contributed by atoms with Gasteiger partial charge in [0, 0.05) is 10.0 Å². The number of nitrogens with two attached hydrogens (primary N) is 1. The third-order valence-electron chi connectivity index (χ3n) is 2.40. The van der Waals surface area contributed by atoms with Gasteiger partial charge in [0.25, 0.3) is 0 Å². The van der Waals surface area contributed by atoms with Gasteiger partial charge in [-0.1, -0.05) is 15.9 Å². The minimum absolute atomic E-state index is 0.00176. The molecule has 0 aliphatic carbocycles. The molecular formula is C11H14BrNO. The predicted octanol–water partition coefficient (Wildman–Crippen LogP) is 2.60. The smallest absolute Gasteiger partial charge is 0.179 e. The summed E-state index contributed by atoms with van der Waals surface area (Å²) < 4.78 is 1.02. The van der Waals surface area contributed by atoms with Gasteiger partial charge < -0.3 is 5.73 Å². The highest BCUT2D eigenvalue weighted by atomic mass is 79.9. The van der Waals surface area contributed by atoms with Crippen molar-refractivity contribution in [2.45, 2.75) is 26.8 Å². The number of halogens is 1. The molecule has 2 nitrogen and oxygen atoms in total. The van der Waals surface area contributed by atoms with Crippen molar-refractivity contribution in [3.8, 4) is 0 Å². The molecule has 0 aliphatic heterocycles. The Morgan fingerprint density at radius 1 is 1.36 bits per heavy atom. The molecular weight excluding hydrogens is 242 g/mol. The molecule has 0 aromatic heterocycles. The first kappa shape index (κ1) is 11.4. The van der Waals surface area contributed by atoms with Crippen LogP contribution in [0.1, 0.15) is 28.4 Å². The highest BCUT2D eigenvalue weighted by molar-refractivity contribution is 9.10. The third-order valence-corrected chi connectivity index (χ3v) is 3.26. The first-order valence-corrected chi connectivity index (χ1v) is 5.30. The maximum Gasteiger partial charge on any atom is 0.179 e. The zero-order valence-electron chi connectivity index (χ0n) is 8.60. The Morgan fingerprint density at radius 2 is 1.93 bits per heavy atom. The standard InChI is InChI=1S/C11H14BrNO/c1-6-7(2)10(12)5-4-9(6)11(14)8(3)13/h4-5,8H,13H2,1-3H3. The minimum Gasteiger partial charge on any atom is -0.321 e. The summed E-state index contributed by atoms with van der Waals surface area (Å²) in [6.45, 7) is 5.63. The molecule has 0 bridgehead atoms. The van der Waals surface area contributed by atoms with Crippen molar-refractivity contribution in [1.82, 2.24) is 0 Å². The maximum atomic E-state index is 11.7.